The lowest BCUT2D eigenvalue weighted by Crippen LogP contribution is -2.51. The number of benzene rings is 1. The van der Waals surface area contributed by atoms with E-state index in [1.165, 1.54) is 5.56 Å². The molecule has 2 amide bonds. The molecule has 1 aliphatic carbocycles. The first-order valence-corrected chi connectivity index (χ1v) is 9.01. The van der Waals surface area contributed by atoms with E-state index in [4.69, 9.17) is 9.84 Å². The van der Waals surface area contributed by atoms with Crippen LogP contribution in [-0.4, -0.2) is 35.3 Å². The van der Waals surface area contributed by atoms with Crippen molar-refractivity contribution in [2.24, 2.45) is 5.92 Å². The molecule has 3 N–H and O–H groups in total. The minimum absolute atomic E-state index is 0.0434. The topological polar surface area (TPSA) is 87.7 Å². The summed E-state index contributed by atoms with van der Waals surface area (Å²) >= 11 is 0. The van der Waals surface area contributed by atoms with Gasteiger partial charge in [-0.2, -0.15) is 0 Å². The molecule has 136 valence electrons. The minimum Gasteiger partial charge on any atom is -0.487 e. The summed E-state index contributed by atoms with van der Waals surface area (Å²) in [4.78, 5) is 23.3. The molecule has 0 bridgehead atoms. The van der Waals surface area contributed by atoms with Crippen LogP contribution in [0.1, 0.15) is 51.0 Å². The predicted molar refractivity (Wildman–Crippen MR) is 93.8 cm³/mol. The van der Waals surface area contributed by atoms with Gasteiger partial charge in [0.25, 0.3) is 0 Å². The van der Waals surface area contributed by atoms with Crippen LogP contribution in [0.25, 0.3) is 0 Å². The fourth-order valence-corrected chi connectivity index (χ4v) is 3.93. The number of carboxylic acid groups (broad SMARTS) is 1. The zero-order valence-corrected chi connectivity index (χ0v) is 14.7. The smallest absolute Gasteiger partial charge is 0.315 e. The molecule has 0 spiro atoms. The number of urea groups is 1. The minimum atomic E-state index is -0.733. The number of ether oxygens (including phenoxy) is 1. The molecule has 1 heterocycles. The summed E-state index contributed by atoms with van der Waals surface area (Å²) in [5.74, 6) is 0.105. The molecule has 3 unspecified atom stereocenters. The molecule has 0 saturated heterocycles. The Kier molecular flexibility index (Phi) is 5.16. The molecule has 1 aromatic carbocycles. The van der Waals surface area contributed by atoms with Gasteiger partial charge in [-0.05, 0) is 38.7 Å². The van der Waals surface area contributed by atoms with Crippen molar-refractivity contribution in [1.82, 2.24) is 10.6 Å². The second-order valence-electron chi connectivity index (χ2n) is 7.20. The van der Waals surface area contributed by atoms with E-state index in [0.717, 1.165) is 5.75 Å². The van der Waals surface area contributed by atoms with Gasteiger partial charge < -0.3 is 20.5 Å². The Bertz CT molecular complexity index is 640. The predicted octanol–water partition coefficient (Wildman–Crippen LogP) is 2.88. The van der Waals surface area contributed by atoms with Crippen molar-refractivity contribution in [3.8, 4) is 5.75 Å². The summed E-state index contributed by atoms with van der Waals surface area (Å²) in [6.07, 6.45) is 2.56. The summed E-state index contributed by atoms with van der Waals surface area (Å²) in [6.45, 7) is 4.06. The number of carbonyl (C=O) groups excluding carboxylic acids is 1. The second kappa shape index (κ2) is 7.33. The van der Waals surface area contributed by atoms with Crippen LogP contribution in [0.2, 0.25) is 0 Å². The molecule has 0 radical (unpaired) electrons. The van der Waals surface area contributed by atoms with Gasteiger partial charge >= 0.3 is 12.0 Å². The first-order valence-electron chi connectivity index (χ1n) is 9.01. The van der Waals surface area contributed by atoms with Crippen LogP contribution in [-0.2, 0) is 4.79 Å². The number of carboxylic acids is 1. The molecular weight excluding hydrogens is 320 g/mol. The quantitative estimate of drug-likeness (QED) is 0.782. The lowest BCUT2D eigenvalue weighted by molar-refractivity contribution is -0.142. The van der Waals surface area contributed by atoms with Gasteiger partial charge in [0, 0.05) is 17.5 Å². The Labute approximate surface area is 147 Å². The van der Waals surface area contributed by atoms with Crippen molar-refractivity contribution in [1.29, 1.82) is 0 Å². The maximum Gasteiger partial charge on any atom is 0.315 e. The normalized spacial score (nSPS) is 29.2. The third-order valence-electron chi connectivity index (χ3n) is 5.43. The van der Waals surface area contributed by atoms with E-state index in [1.807, 2.05) is 25.1 Å². The van der Waals surface area contributed by atoms with Gasteiger partial charge in [-0.1, -0.05) is 25.1 Å². The Morgan fingerprint density at radius 1 is 1.20 bits per heavy atom. The number of rotatable bonds is 4. The van der Waals surface area contributed by atoms with Crippen molar-refractivity contribution >= 4 is 12.0 Å². The summed E-state index contributed by atoms with van der Waals surface area (Å²) < 4.78 is 6.00. The number of hydrogen-bond acceptors (Lipinski definition) is 3. The van der Waals surface area contributed by atoms with Crippen LogP contribution in [0.5, 0.6) is 5.75 Å². The molecule has 6 heteroatoms. The number of carbonyl (C=O) groups is 2. The average molecular weight is 346 g/mol. The third-order valence-corrected chi connectivity index (χ3v) is 5.43. The van der Waals surface area contributed by atoms with Crippen molar-refractivity contribution in [3.63, 3.8) is 0 Å². The van der Waals surface area contributed by atoms with Crippen molar-refractivity contribution < 1.29 is 19.4 Å². The van der Waals surface area contributed by atoms with Crippen LogP contribution < -0.4 is 15.4 Å². The molecule has 1 fully saturated rings. The lowest BCUT2D eigenvalue weighted by Gasteiger charge is -2.29. The summed E-state index contributed by atoms with van der Waals surface area (Å²) in [5, 5.41) is 15.0. The lowest BCUT2D eigenvalue weighted by atomic mass is 9.86. The number of amides is 2. The van der Waals surface area contributed by atoms with Crippen LogP contribution in [0, 0.1) is 5.92 Å². The monoisotopic (exact) mass is 346 g/mol. The second-order valence-corrected chi connectivity index (χ2v) is 7.20. The van der Waals surface area contributed by atoms with Gasteiger partial charge in [0.05, 0.1) is 12.0 Å². The zero-order chi connectivity index (χ0) is 18.0. The maximum atomic E-state index is 12.3. The Hall–Kier alpha value is -2.24. The van der Waals surface area contributed by atoms with E-state index in [-0.39, 0.29) is 36.1 Å². The van der Waals surface area contributed by atoms with Gasteiger partial charge in [-0.3, -0.25) is 4.79 Å². The molecule has 6 nitrogen and oxygen atoms in total. The van der Waals surface area contributed by atoms with Gasteiger partial charge in [-0.25, -0.2) is 4.79 Å². The van der Waals surface area contributed by atoms with E-state index < -0.39 is 5.97 Å². The number of hydrogen-bond donors (Lipinski definition) is 3. The highest BCUT2D eigenvalue weighted by molar-refractivity contribution is 5.75. The Morgan fingerprint density at radius 3 is 2.52 bits per heavy atom. The van der Waals surface area contributed by atoms with Crippen LogP contribution >= 0.6 is 0 Å². The highest BCUT2D eigenvalue weighted by atomic mass is 16.5. The highest BCUT2D eigenvalue weighted by Crippen LogP contribution is 2.38. The fourth-order valence-electron chi connectivity index (χ4n) is 3.93. The highest BCUT2D eigenvalue weighted by Gasteiger charge is 2.35. The first kappa shape index (κ1) is 17.6. The molecule has 2 aliphatic rings. The van der Waals surface area contributed by atoms with E-state index >= 15 is 0 Å². The van der Waals surface area contributed by atoms with Gasteiger partial charge in [0.2, 0.25) is 0 Å². The zero-order valence-electron chi connectivity index (χ0n) is 14.7. The number of aliphatic carboxylic acids is 1. The fraction of sp³-hybridized carbons (Fsp3) is 0.579. The molecule has 3 atom stereocenters. The SMILES string of the molecule is CC(NC(=O)NC1CCC(C(=O)O)CC1)C1Oc2ccccc2C1C. The standard InChI is InChI=1S/C19H26N2O4/c1-11-15-5-3-4-6-16(15)25-17(11)12(2)20-19(24)21-14-9-7-13(8-10-14)18(22)23/h3-6,11-14,17H,7-10H2,1-2H3,(H,22,23)(H2,20,21,24). The number of fused-ring (bicyclic) bond motifs is 1. The average Bonchev–Trinajstić information content (AvgIpc) is 2.92. The summed E-state index contributed by atoms with van der Waals surface area (Å²) in [5.41, 5.74) is 1.17. The van der Waals surface area contributed by atoms with E-state index in [1.54, 1.807) is 0 Å². The van der Waals surface area contributed by atoms with Crippen molar-refractivity contribution in [3.05, 3.63) is 29.8 Å². The summed E-state index contributed by atoms with van der Waals surface area (Å²) in [7, 11) is 0. The molecular formula is C19H26N2O4. The summed E-state index contributed by atoms with van der Waals surface area (Å²) in [6, 6.07) is 7.68. The Morgan fingerprint density at radius 2 is 1.88 bits per heavy atom. The number of para-hydroxylation sites is 1. The number of nitrogens with one attached hydrogen (secondary N) is 2. The molecule has 1 aromatic rings. The van der Waals surface area contributed by atoms with Crippen molar-refractivity contribution in [2.75, 3.05) is 0 Å². The molecule has 3 rings (SSSR count). The third kappa shape index (κ3) is 3.89. The molecule has 1 saturated carbocycles. The van der Waals surface area contributed by atoms with Crippen LogP contribution in [0.15, 0.2) is 24.3 Å². The van der Waals surface area contributed by atoms with Gasteiger partial charge in [-0.15, -0.1) is 0 Å². The Balaban J connectivity index is 1.48. The molecule has 1 aliphatic heterocycles. The van der Waals surface area contributed by atoms with E-state index in [9.17, 15) is 9.59 Å². The van der Waals surface area contributed by atoms with Crippen molar-refractivity contribution in [2.45, 2.75) is 63.6 Å². The maximum absolute atomic E-state index is 12.3. The van der Waals surface area contributed by atoms with E-state index in [0.29, 0.717) is 25.7 Å². The molecule has 0 aromatic heterocycles. The largest absolute Gasteiger partial charge is 0.487 e. The van der Waals surface area contributed by atoms with Crippen LogP contribution in [0.3, 0.4) is 0 Å². The van der Waals surface area contributed by atoms with Gasteiger partial charge in [0.1, 0.15) is 11.9 Å². The first-order chi connectivity index (χ1) is 12.0. The van der Waals surface area contributed by atoms with Crippen LogP contribution in [0.4, 0.5) is 4.79 Å². The van der Waals surface area contributed by atoms with E-state index in [2.05, 4.69) is 23.6 Å². The van der Waals surface area contributed by atoms with Gasteiger partial charge in [0.15, 0.2) is 0 Å². The molecule has 25 heavy (non-hydrogen) atoms.